The molecule has 216 valence electrons. The Balaban J connectivity index is 0.00000190. The van der Waals surface area contributed by atoms with Gasteiger partial charge in [0.25, 0.3) is 0 Å². The molecule has 1 aromatic heterocycles. The number of hydrogen-bond acceptors (Lipinski definition) is 5. The van der Waals surface area contributed by atoms with Crippen molar-refractivity contribution in [3.63, 3.8) is 0 Å². The lowest BCUT2D eigenvalue weighted by Crippen LogP contribution is -2.42. The van der Waals surface area contributed by atoms with Crippen LogP contribution in [0.4, 0.5) is 8.78 Å². The maximum absolute atomic E-state index is 13.9. The van der Waals surface area contributed by atoms with Crippen molar-refractivity contribution in [3.8, 4) is 0 Å². The summed E-state index contributed by atoms with van der Waals surface area (Å²) in [5.74, 6) is -1.66. The van der Waals surface area contributed by atoms with Gasteiger partial charge in [-0.3, -0.25) is 9.88 Å². The number of aromatic nitrogens is 1. The molecule has 1 spiro atoms. The van der Waals surface area contributed by atoms with Gasteiger partial charge in [0, 0.05) is 50.7 Å². The topological polar surface area (TPSA) is 49.4 Å². The third kappa shape index (κ3) is 8.02. The van der Waals surface area contributed by atoms with E-state index >= 15 is 0 Å². The molecule has 1 saturated heterocycles. The lowest BCUT2D eigenvalue weighted by Gasteiger charge is -2.39. The van der Waals surface area contributed by atoms with Crippen molar-refractivity contribution < 1.29 is 13.5 Å². The number of nitrogens with one attached hydrogen (secondary N) is 2. The van der Waals surface area contributed by atoms with Crippen LogP contribution in [0.1, 0.15) is 46.7 Å². The number of likely N-dealkylation sites (N-methyl/N-ethyl adjacent to an activating group) is 1. The van der Waals surface area contributed by atoms with Gasteiger partial charge >= 0.3 is 0 Å². The predicted octanol–water partition coefficient (Wildman–Crippen LogP) is 5.97. The molecule has 0 aliphatic carbocycles. The highest BCUT2D eigenvalue weighted by Crippen LogP contribution is 2.43. The Morgan fingerprint density at radius 3 is 2.28 bits per heavy atom. The van der Waals surface area contributed by atoms with Crippen LogP contribution in [0.25, 0.3) is 0 Å². The van der Waals surface area contributed by atoms with Gasteiger partial charge in [0.05, 0.1) is 18.2 Å². The Kier molecular flexibility index (Phi) is 14.6. The van der Waals surface area contributed by atoms with Crippen LogP contribution in [0, 0.1) is 11.6 Å². The maximum atomic E-state index is 13.9. The normalized spacial score (nSPS) is 16.2. The van der Waals surface area contributed by atoms with E-state index < -0.39 is 11.6 Å². The van der Waals surface area contributed by atoms with Gasteiger partial charge in [0.2, 0.25) is 0 Å². The van der Waals surface area contributed by atoms with Crippen molar-refractivity contribution in [3.05, 3.63) is 100 Å². The number of ether oxygens (including phenoxy) is 1. The number of rotatable bonds is 8. The smallest absolute Gasteiger partial charge is 0.159 e. The number of pyridine rings is 1. The van der Waals surface area contributed by atoms with E-state index in [1.165, 1.54) is 28.8 Å². The van der Waals surface area contributed by atoms with Crippen LogP contribution in [-0.4, -0.2) is 43.1 Å². The highest BCUT2D eigenvalue weighted by atomic mass is 35.5. The zero-order chi connectivity index (χ0) is 24.3. The Morgan fingerprint density at radius 1 is 0.923 bits per heavy atom. The van der Waals surface area contributed by atoms with Gasteiger partial charge in [-0.1, -0.05) is 30.3 Å². The molecular formula is C28H36Cl4F2N4O. The third-order valence-corrected chi connectivity index (χ3v) is 7.29. The minimum atomic E-state index is -0.830. The zero-order valence-corrected chi connectivity index (χ0v) is 25.0. The predicted molar refractivity (Wildman–Crippen MR) is 161 cm³/mol. The minimum absolute atomic E-state index is 0. The lowest BCUT2D eigenvalue weighted by atomic mass is 9.84. The molecule has 1 fully saturated rings. The first-order valence-corrected chi connectivity index (χ1v) is 12.3. The molecule has 0 saturated carbocycles. The third-order valence-electron chi connectivity index (χ3n) is 7.29. The minimum Gasteiger partial charge on any atom is -0.365 e. The second kappa shape index (κ2) is 16.0. The van der Waals surface area contributed by atoms with Crippen LogP contribution in [0.3, 0.4) is 0 Å². The van der Waals surface area contributed by atoms with Crippen LogP contribution in [0.15, 0.2) is 60.9 Å². The first-order valence-electron chi connectivity index (χ1n) is 12.3. The Bertz CT molecular complexity index is 1160. The van der Waals surface area contributed by atoms with E-state index in [9.17, 15) is 8.78 Å². The van der Waals surface area contributed by atoms with Gasteiger partial charge < -0.3 is 15.4 Å². The van der Waals surface area contributed by atoms with E-state index in [1.54, 1.807) is 6.07 Å². The van der Waals surface area contributed by atoms with E-state index in [-0.39, 0.29) is 61.3 Å². The second-order valence-corrected chi connectivity index (χ2v) is 9.50. The molecule has 1 atom stereocenters. The van der Waals surface area contributed by atoms with Crippen LogP contribution in [0.2, 0.25) is 0 Å². The first-order chi connectivity index (χ1) is 17.1. The van der Waals surface area contributed by atoms with Crippen molar-refractivity contribution >= 4 is 49.6 Å². The molecule has 1 unspecified atom stereocenters. The zero-order valence-electron chi connectivity index (χ0n) is 21.7. The van der Waals surface area contributed by atoms with Gasteiger partial charge in [-0.15, -0.1) is 49.6 Å². The molecule has 0 bridgehead atoms. The fraction of sp³-hybridized carbons (Fsp3) is 0.393. The van der Waals surface area contributed by atoms with Crippen LogP contribution < -0.4 is 10.6 Å². The SMILES string of the molecule is CNCCNC(c1ccc(CN2CCC3(CC2)OCc2ccncc23)cc1)c1ccc(F)c(F)c1.Cl.Cl.Cl.Cl. The second-order valence-electron chi connectivity index (χ2n) is 9.50. The largest absolute Gasteiger partial charge is 0.365 e. The molecule has 5 nitrogen and oxygen atoms in total. The van der Waals surface area contributed by atoms with Gasteiger partial charge in [0.1, 0.15) is 0 Å². The quantitative estimate of drug-likeness (QED) is 0.303. The maximum Gasteiger partial charge on any atom is 0.159 e. The Hall–Kier alpha value is -1.55. The molecule has 3 heterocycles. The van der Waals surface area contributed by atoms with Gasteiger partial charge in [-0.2, -0.15) is 0 Å². The van der Waals surface area contributed by atoms with E-state index in [2.05, 4.69) is 50.8 Å². The number of likely N-dealkylation sites (tertiary alicyclic amines) is 1. The van der Waals surface area contributed by atoms with Crippen LogP contribution in [-0.2, 0) is 23.5 Å². The monoisotopic (exact) mass is 622 g/mol. The van der Waals surface area contributed by atoms with Crippen molar-refractivity contribution in [1.29, 1.82) is 0 Å². The van der Waals surface area contributed by atoms with Gasteiger partial charge in [0.15, 0.2) is 11.6 Å². The summed E-state index contributed by atoms with van der Waals surface area (Å²) in [6.45, 7) is 4.98. The molecule has 3 aromatic rings. The lowest BCUT2D eigenvalue weighted by molar-refractivity contribution is -0.0800. The molecule has 5 rings (SSSR count). The summed E-state index contributed by atoms with van der Waals surface area (Å²) in [7, 11) is 1.89. The Labute approximate surface area is 254 Å². The molecule has 2 aliphatic heterocycles. The molecule has 2 aliphatic rings. The summed E-state index contributed by atoms with van der Waals surface area (Å²) in [4.78, 5) is 6.80. The average molecular weight is 624 g/mol. The van der Waals surface area contributed by atoms with Crippen molar-refractivity contribution in [2.75, 3.05) is 33.2 Å². The van der Waals surface area contributed by atoms with E-state index in [0.717, 1.165) is 44.6 Å². The summed E-state index contributed by atoms with van der Waals surface area (Å²) in [6.07, 6.45) is 5.76. The molecule has 11 heteroatoms. The fourth-order valence-corrected chi connectivity index (χ4v) is 5.27. The number of hydrogen-bond donors (Lipinski definition) is 2. The van der Waals surface area contributed by atoms with Crippen molar-refractivity contribution in [2.24, 2.45) is 0 Å². The first kappa shape index (κ1) is 35.5. The summed E-state index contributed by atoms with van der Waals surface area (Å²) in [5.41, 5.74) is 5.32. The molecule has 0 radical (unpaired) electrons. The Morgan fingerprint density at radius 2 is 1.62 bits per heavy atom. The summed E-state index contributed by atoms with van der Waals surface area (Å²) in [6, 6.07) is 14.4. The highest BCUT2D eigenvalue weighted by Gasteiger charge is 2.42. The van der Waals surface area contributed by atoms with Gasteiger partial charge in [-0.05, 0) is 60.3 Å². The number of piperidine rings is 1. The molecule has 0 amide bonds. The molecule has 2 N–H and O–H groups in total. The average Bonchev–Trinajstić information content (AvgIpc) is 3.24. The van der Waals surface area contributed by atoms with Crippen LogP contribution in [0.5, 0.6) is 0 Å². The number of fused-ring (bicyclic) bond motifs is 2. The number of halogens is 6. The van der Waals surface area contributed by atoms with E-state index in [4.69, 9.17) is 4.74 Å². The number of benzene rings is 2. The van der Waals surface area contributed by atoms with Crippen molar-refractivity contribution in [1.82, 2.24) is 20.5 Å². The summed E-state index contributed by atoms with van der Waals surface area (Å²) in [5, 5.41) is 6.57. The van der Waals surface area contributed by atoms with E-state index in [1.807, 2.05) is 19.4 Å². The molecule has 2 aromatic carbocycles. The van der Waals surface area contributed by atoms with E-state index in [0.29, 0.717) is 18.7 Å². The number of nitrogens with zero attached hydrogens (tertiary/aromatic N) is 2. The highest BCUT2D eigenvalue weighted by molar-refractivity contribution is 5.86. The van der Waals surface area contributed by atoms with Crippen molar-refractivity contribution in [2.45, 2.75) is 37.6 Å². The summed E-state index contributed by atoms with van der Waals surface area (Å²) < 4.78 is 33.7. The summed E-state index contributed by atoms with van der Waals surface area (Å²) >= 11 is 0. The van der Waals surface area contributed by atoms with Gasteiger partial charge in [-0.25, -0.2) is 8.78 Å². The van der Waals surface area contributed by atoms with Crippen LogP contribution >= 0.6 is 49.6 Å². The molecular weight excluding hydrogens is 588 g/mol. The standard InChI is InChI=1S/C28H32F2N4O.4ClH/c1-31-12-13-33-27(22-6-7-25(29)26(30)16-22)21-4-2-20(3-5-21)18-34-14-9-28(10-15-34)24-17-32-11-8-23(24)19-35-28;;;;/h2-8,11,16-17,27,31,33H,9-10,12-15,18-19H2,1H3;4*1H. The fourth-order valence-electron chi connectivity index (χ4n) is 5.27. The molecule has 39 heavy (non-hydrogen) atoms.